The minimum atomic E-state index is -2.38. The van der Waals surface area contributed by atoms with Crippen LogP contribution in [0.3, 0.4) is 0 Å². The van der Waals surface area contributed by atoms with Crippen molar-refractivity contribution in [1.82, 2.24) is 0 Å². The summed E-state index contributed by atoms with van der Waals surface area (Å²) in [5.41, 5.74) is 0.609. The molecule has 2 aromatic carbocycles. The summed E-state index contributed by atoms with van der Waals surface area (Å²) in [6.45, 7) is 1.76. The van der Waals surface area contributed by atoms with Gasteiger partial charge < -0.3 is 5.11 Å². The Balaban J connectivity index is 1.56. The molecule has 0 radical (unpaired) electrons. The molecule has 0 bridgehead atoms. The third kappa shape index (κ3) is 6.12. The van der Waals surface area contributed by atoms with E-state index in [0.717, 1.165) is 26.1 Å². The van der Waals surface area contributed by atoms with Gasteiger partial charge in [0.15, 0.2) is 0 Å². The molecule has 0 unspecified atom stereocenters. The van der Waals surface area contributed by atoms with Crippen LogP contribution in [0.2, 0.25) is 0 Å². The first kappa shape index (κ1) is 25.6. The summed E-state index contributed by atoms with van der Waals surface area (Å²) in [7, 11) is 0. The molecule has 3 nitrogen and oxygen atoms in total. The average Bonchev–Trinajstić information content (AvgIpc) is 2.77. The number of aliphatic carboxylic acids is 1. The number of hydrogen-bond donors (Lipinski definition) is 1. The van der Waals surface area contributed by atoms with Gasteiger partial charge >= 0.3 is 198 Å². The maximum atomic E-state index is 10.6. The SMILES string of the molecule is O=C(O)CCCCCCCCCCCP(I)(c1ccccc1)(c1ccccc1)C1COC1. The number of unbranched alkanes of at least 4 members (excludes halogenated alkanes) is 8. The fourth-order valence-electron chi connectivity index (χ4n) is 4.98. The second-order valence-electron chi connectivity index (χ2n) is 9.17. The van der Waals surface area contributed by atoms with Gasteiger partial charge in [-0.2, -0.15) is 0 Å². The fourth-order valence-corrected chi connectivity index (χ4v) is 14.2. The first-order chi connectivity index (χ1) is 15.6. The molecule has 1 aliphatic heterocycles. The van der Waals surface area contributed by atoms with Crippen molar-refractivity contribution >= 4 is 42.9 Å². The Morgan fingerprint density at radius 3 is 1.62 bits per heavy atom. The van der Waals surface area contributed by atoms with Gasteiger partial charge in [-0.25, -0.2) is 0 Å². The molecule has 1 saturated heterocycles. The van der Waals surface area contributed by atoms with Crippen LogP contribution in [0.4, 0.5) is 0 Å². The van der Waals surface area contributed by atoms with Crippen LogP contribution in [0.25, 0.3) is 0 Å². The Kier molecular flexibility index (Phi) is 10.0. The van der Waals surface area contributed by atoms with Crippen molar-refractivity contribution in [3.63, 3.8) is 0 Å². The van der Waals surface area contributed by atoms with Crippen molar-refractivity contribution < 1.29 is 14.6 Å². The van der Waals surface area contributed by atoms with Crippen LogP contribution in [0, 0.1) is 0 Å². The average molecular weight is 568 g/mol. The first-order valence-electron chi connectivity index (χ1n) is 12.2. The molecule has 5 heteroatoms. The molecule has 0 amide bonds. The van der Waals surface area contributed by atoms with Gasteiger partial charge in [-0.1, -0.05) is 0 Å². The van der Waals surface area contributed by atoms with E-state index in [0.29, 0.717) is 12.1 Å². The van der Waals surface area contributed by atoms with Crippen LogP contribution in [0.1, 0.15) is 64.2 Å². The number of carbonyl (C=O) groups is 1. The molecule has 2 aromatic rings. The molecule has 1 aliphatic rings. The Morgan fingerprint density at radius 2 is 1.22 bits per heavy atom. The second kappa shape index (κ2) is 12.5. The van der Waals surface area contributed by atoms with Crippen LogP contribution in [0.15, 0.2) is 60.7 Å². The number of carboxylic acids is 1. The number of ether oxygens (including phenoxy) is 1. The monoisotopic (exact) mass is 568 g/mol. The van der Waals surface area contributed by atoms with Gasteiger partial charge in [-0.15, -0.1) is 0 Å². The van der Waals surface area contributed by atoms with Crippen molar-refractivity contribution in [3.8, 4) is 0 Å². The van der Waals surface area contributed by atoms with Gasteiger partial charge in [0.25, 0.3) is 0 Å². The Hall–Kier alpha value is -0.970. The Labute approximate surface area is 206 Å². The number of benzene rings is 2. The molecular formula is C27H38IO3P. The predicted molar refractivity (Wildman–Crippen MR) is 146 cm³/mol. The summed E-state index contributed by atoms with van der Waals surface area (Å²) in [6, 6.07) is 22.5. The number of rotatable bonds is 15. The number of halogens is 1. The van der Waals surface area contributed by atoms with E-state index in [1.807, 2.05) is 0 Å². The van der Waals surface area contributed by atoms with Crippen LogP contribution < -0.4 is 10.6 Å². The summed E-state index contributed by atoms with van der Waals surface area (Å²) >= 11 is 2.92. The molecule has 32 heavy (non-hydrogen) atoms. The van der Waals surface area contributed by atoms with E-state index in [4.69, 9.17) is 9.84 Å². The molecular weight excluding hydrogens is 530 g/mol. The molecule has 1 fully saturated rings. The molecule has 0 saturated carbocycles. The van der Waals surface area contributed by atoms with Crippen molar-refractivity contribution in [3.05, 3.63) is 60.7 Å². The quantitative estimate of drug-likeness (QED) is 0.144. The molecule has 1 heterocycles. The topological polar surface area (TPSA) is 46.5 Å². The summed E-state index contributed by atoms with van der Waals surface area (Å²) < 4.78 is 3.38. The van der Waals surface area contributed by atoms with Gasteiger partial charge in [0.1, 0.15) is 0 Å². The van der Waals surface area contributed by atoms with E-state index in [2.05, 4.69) is 82.7 Å². The third-order valence-electron chi connectivity index (χ3n) is 7.00. The van der Waals surface area contributed by atoms with Crippen molar-refractivity contribution in [2.45, 2.75) is 69.9 Å². The molecule has 0 spiro atoms. The Morgan fingerprint density at radius 1 is 0.781 bits per heavy atom. The maximum absolute atomic E-state index is 10.6. The zero-order valence-electron chi connectivity index (χ0n) is 19.1. The summed E-state index contributed by atoms with van der Waals surface area (Å²) in [4.78, 5) is 10.6. The third-order valence-corrected chi connectivity index (χ3v) is 20.0. The van der Waals surface area contributed by atoms with Crippen molar-refractivity contribution in [1.29, 1.82) is 0 Å². The van der Waals surface area contributed by atoms with E-state index in [1.54, 1.807) is 0 Å². The van der Waals surface area contributed by atoms with Gasteiger partial charge in [-0.05, 0) is 0 Å². The van der Waals surface area contributed by atoms with Gasteiger partial charge in [0, 0.05) is 0 Å². The van der Waals surface area contributed by atoms with Crippen LogP contribution in [-0.4, -0.2) is 36.1 Å². The van der Waals surface area contributed by atoms with E-state index < -0.39 is 10.2 Å². The van der Waals surface area contributed by atoms with Gasteiger partial charge in [0.05, 0.1) is 0 Å². The zero-order valence-corrected chi connectivity index (χ0v) is 22.2. The predicted octanol–water partition coefficient (Wildman–Crippen LogP) is 6.93. The summed E-state index contributed by atoms with van der Waals surface area (Å²) in [6.07, 6.45) is 12.3. The molecule has 0 aliphatic carbocycles. The molecule has 176 valence electrons. The zero-order chi connectivity index (χ0) is 22.7. The van der Waals surface area contributed by atoms with Crippen LogP contribution >= 0.6 is 26.3 Å². The molecule has 0 aromatic heterocycles. The van der Waals surface area contributed by atoms with Crippen LogP contribution in [0.5, 0.6) is 0 Å². The summed E-state index contributed by atoms with van der Waals surface area (Å²) in [5.74, 6) is -0.670. The van der Waals surface area contributed by atoms with Crippen molar-refractivity contribution in [2.24, 2.45) is 0 Å². The van der Waals surface area contributed by atoms with Crippen LogP contribution in [-0.2, 0) is 9.53 Å². The minimum absolute atomic E-state index is 0.317. The molecule has 1 N–H and O–H groups in total. The second-order valence-corrected chi connectivity index (χ2v) is 20.5. The first-order valence-corrected chi connectivity index (χ1v) is 17.5. The van der Waals surface area contributed by atoms with Gasteiger partial charge in [0.2, 0.25) is 0 Å². The standard InChI is InChI=1S/C27H38IO3P/c28-32(26-22-31-23-26,24-16-10-8-11-17-24,25-18-12-9-13-19-25)21-15-7-5-3-1-2-4-6-14-20-27(29)30/h8-13,16-19,26H,1-7,14-15,20-23H2,(H,29,30). The normalized spacial score (nSPS) is 15.6. The van der Waals surface area contributed by atoms with Crippen molar-refractivity contribution in [2.75, 3.05) is 19.4 Å². The van der Waals surface area contributed by atoms with Gasteiger partial charge in [-0.3, -0.25) is 4.79 Å². The number of hydrogen-bond acceptors (Lipinski definition) is 2. The molecule has 0 atom stereocenters. The van der Waals surface area contributed by atoms with E-state index in [9.17, 15) is 4.79 Å². The molecule has 3 rings (SSSR count). The van der Waals surface area contributed by atoms with E-state index >= 15 is 0 Å². The fraction of sp³-hybridized carbons (Fsp3) is 0.519. The number of carboxylic acid groups (broad SMARTS) is 1. The summed E-state index contributed by atoms with van der Waals surface area (Å²) in [5, 5.41) is 11.8. The van der Waals surface area contributed by atoms with E-state index in [-0.39, 0.29) is 0 Å². The Bertz CT molecular complexity index is 784. The van der Waals surface area contributed by atoms with E-state index in [1.165, 1.54) is 61.7 Å².